The van der Waals surface area contributed by atoms with Gasteiger partial charge in [0, 0.05) is 6.54 Å². The summed E-state index contributed by atoms with van der Waals surface area (Å²) in [6.45, 7) is 14.4. The Morgan fingerprint density at radius 2 is 1.72 bits per heavy atom. The van der Waals surface area contributed by atoms with Gasteiger partial charge >= 0.3 is 0 Å². The van der Waals surface area contributed by atoms with E-state index in [0.29, 0.717) is 5.92 Å². The summed E-state index contributed by atoms with van der Waals surface area (Å²) in [5.41, 5.74) is -0.461. The lowest BCUT2D eigenvalue weighted by molar-refractivity contribution is -0.128. The molecule has 0 aromatic carbocycles. The number of carbonyl (C=O) groups is 1. The van der Waals surface area contributed by atoms with Crippen molar-refractivity contribution in [2.75, 3.05) is 13.1 Å². The first-order valence-corrected chi connectivity index (χ1v) is 7.45. The lowest BCUT2D eigenvalue weighted by Gasteiger charge is -2.35. The van der Waals surface area contributed by atoms with Gasteiger partial charge in [-0.15, -0.1) is 0 Å². The number of hydrogen-bond donors (Lipinski definition) is 2. The number of hydrogen-bond acceptors (Lipinski definition) is 2. The molecule has 0 aromatic heterocycles. The molecule has 108 valence electrons. The van der Waals surface area contributed by atoms with E-state index < -0.39 is 5.54 Å². The average molecular weight is 256 g/mol. The van der Waals surface area contributed by atoms with Crippen LogP contribution in [-0.4, -0.2) is 24.5 Å². The Hall–Kier alpha value is -0.570. The zero-order valence-corrected chi connectivity index (χ0v) is 13.1. The van der Waals surface area contributed by atoms with E-state index in [4.69, 9.17) is 0 Å². The standard InChI is InChI=1S/C15H32N2O/c1-7-10-16-14(18)15(6,12(4)5)17-11-13(8-2)9-3/h12-13,17H,7-11H2,1-6H3,(H,16,18). The molecular formula is C15H32N2O. The quantitative estimate of drug-likeness (QED) is 0.666. The number of rotatable bonds is 9. The highest BCUT2D eigenvalue weighted by Crippen LogP contribution is 2.18. The minimum atomic E-state index is -0.461. The van der Waals surface area contributed by atoms with Crippen LogP contribution >= 0.6 is 0 Å². The third-order valence-electron chi connectivity index (χ3n) is 4.07. The molecule has 18 heavy (non-hydrogen) atoms. The van der Waals surface area contributed by atoms with Gasteiger partial charge in [-0.25, -0.2) is 0 Å². The van der Waals surface area contributed by atoms with Crippen molar-refractivity contribution in [3.8, 4) is 0 Å². The molecular weight excluding hydrogens is 224 g/mol. The molecule has 0 radical (unpaired) electrons. The summed E-state index contributed by atoms with van der Waals surface area (Å²) in [6, 6.07) is 0. The van der Waals surface area contributed by atoms with Gasteiger partial charge < -0.3 is 10.6 Å². The smallest absolute Gasteiger partial charge is 0.240 e. The fourth-order valence-electron chi connectivity index (χ4n) is 1.90. The molecule has 0 fully saturated rings. The van der Waals surface area contributed by atoms with Crippen LogP contribution in [0.4, 0.5) is 0 Å². The van der Waals surface area contributed by atoms with Crippen LogP contribution in [0.1, 0.15) is 60.8 Å². The predicted octanol–water partition coefficient (Wildman–Crippen LogP) is 2.95. The summed E-state index contributed by atoms with van der Waals surface area (Å²) in [6.07, 6.45) is 3.30. The summed E-state index contributed by atoms with van der Waals surface area (Å²) in [7, 11) is 0. The molecule has 0 saturated carbocycles. The molecule has 0 aliphatic rings. The van der Waals surface area contributed by atoms with Gasteiger partial charge in [-0.3, -0.25) is 4.79 Å². The summed E-state index contributed by atoms with van der Waals surface area (Å²) in [5.74, 6) is 1.07. The molecule has 0 aromatic rings. The van der Waals surface area contributed by atoms with E-state index in [1.807, 2.05) is 6.92 Å². The first-order valence-electron chi connectivity index (χ1n) is 7.45. The van der Waals surface area contributed by atoms with Crippen molar-refractivity contribution in [3.63, 3.8) is 0 Å². The van der Waals surface area contributed by atoms with Gasteiger partial charge in [-0.2, -0.15) is 0 Å². The van der Waals surface area contributed by atoms with Crippen LogP contribution in [0.15, 0.2) is 0 Å². The monoisotopic (exact) mass is 256 g/mol. The Kier molecular flexibility index (Phi) is 8.25. The highest BCUT2D eigenvalue weighted by Gasteiger charge is 2.35. The molecule has 0 bridgehead atoms. The molecule has 3 heteroatoms. The largest absolute Gasteiger partial charge is 0.355 e. The molecule has 3 nitrogen and oxygen atoms in total. The fraction of sp³-hybridized carbons (Fsp3) is 0.933. The van der Waals surface area contributed by atoms with Crippen LogP contribution in [0.2, 0.25) is 0 Å². The molecule has 1 amide bonds. The normalized spacial score (nSPS) is 14.9. The van der Waals surface area contributed by atoms with Crippen molar-refractivity contribution in [2.24, 2.45) is 11.8 Å². The maximum atomic E-state index is 12.3. The van der Waals surface area contributed by atoms with E-state index in [2.05, 4.69) is 45.3 Å². The van der Waals surface area contributed by atoms with Crippen molar-refractivity contribution < 1.29 is 4.79 Å². The van der Waals surface area contributed by atoms with Crippen LogP contribution in [0.25, 0.3) is 0 Å². The molecule has 0 rings (SSSR count). The van der Waals surface area contributed by atoms with E-state index in [0.717, 1.165) is 32.4 Å². The van der Waals surface area contributed by atoms with Gasteiger partial charge in [0.15, 0.2) is 0 Å². The van der Waals surface area contributed by atoms with Crippen LogP contribution in [-0.2, 0) is 4.79 Å². The maximum absolute atomic E-state index is 12.3. The van der Waals surface area contributed by atoms with Crippen LogP contribution in [0.5, 0.6) is 0 Å². The van der Waals surface area contributed by atoms with Crippen molar-refractivity contribution in [1.29, 1.82) is 0 Å². The summed E-state index contributed by atoms with van der Waals surface area (Å²) in [5, 5.41) is 6.51. The van der Waals surface area contributed by atoms with Crippen LogP contribution < -0.4 is 10.6 Å². The Balaban J connectivity index is 4.56. The summed E-state index contributed by atoms with van der Waals surface area (Å²) in [4.78, 5) is 12.3. The summed E-state index contributed by atoms with van der Waals surface area (Å²) < 4.78 is 0. The second-order valence-corrected chi connectivity index (χ2v) is 5.68. The van der Waals surface area contributed by atoms with Gasteiger partial charge in [-0.05, 0) is 31.7 Å². The molecule has 0 saturated heterocycles. The van der Waals surface area contributed by atoms with Gasteiger partial charge in [0.1, 0.15) is 0 Å². The molecule has 1 atom stereocenters. The van der Waals surface area contributed by atoms with Crippen molar-refractivity contribution >= 4 is 5.91 Å². The van der Waals surface area contributed by atoms with Crippen molar-refractivity contribution in [2.45, 2.75) is 66.3 Å². The lowest BCUT2D eigenvalue weighted by atomic mass is 9.86. The summed E-state index contributed by atoms with van der Waals surface area (Å²) >= 11 is 0. The fourth-order valence-corrected chi connectivity index (χ4v) is 1.90. The highest BCUT2D eigenvalue weighted by molar-refractivity contribution is 5.86. The van der Waals surface area contributed by atoms with Crippen LogP contribution in [0, 0.1) is 11.8 Å². The first-order chi connectivity index (χ1) is 8.42. The van der Waals surface area contributed by atoms with Gasteiger partial charge in [-0.1, -0.05) is 47.5 Å². The van der Waals surface area contributed by atoms with Gasteiger partial charge in [0.25, 0.3) is 0 Å². The Morgan fingerprint density at radius 1 is 1.17 bits per heavy atom. The van der Waals surface area contributed by atoms with E-state index in [1.165, 1.54) is 0 Å². The molecule has 2 N–H and O–H groups in total. The van der Waals surface area contributed by atoms with Crippen molar-refractivity contribution in [1.82, 2.24) is 10.6 Å². The van der Waals surface area contributed by atoms with Crippen LogP contribution in [0.3, 0.4) is 0 Å². The molecule has 0 aliphatic carbocycles. The third kappa shape index (κ3) is 4.97. The predicted molar refractivity (Wildman–Crippen MR) is 78.6 cm³/mol. The zero-order valence-electron chi connectivity index (χ0n) is 13.1. The number of amides is 1. The zero-order chi connectivity index (χ0) is 14.2. The SMILES string of the molecule is CCCNC(=O)C(C)(NCC(CC)CC)C(C)C. The highest BCUT2D eigenvalue weighted by atomic mass is 16.2. The van der Waals surface area contributed by atoms with E-state index in [-0.39, 0.29) is 11.8 Å². The van der Waals surface area contributed by atoms with E-state index >= 15 is 0 Å². The van der Waals surface area contributed by atoms with E-state index in [9.17, 15) is 4.79 Å². The second kappa shape index (κ2) is 8.52. The molecule has 0 heterocycles. The Morgan fingerprint density at radius 3 is 2.11 bits per heavy atom. The van der Waals surface area contributed by atoms with Gasteiger partial charge in [0.05, 0.1) is 5.54 Å². The van der Waals surface area contributed by atoms with Gasteiger partial charge in [0.2, 0.25) is 5.91 Å². The average Bonchev–Trinajstić information content (AvgIpc) is 2.36. The number of carbonyl (C=O) groups excluding carboxylic acids is 1. The van der Waals surface area contributed by atoms with E-state index in [1.54, 1.807) is 0 Å². The Bertz CT molecular complexity index is 237. The first kappa shape index (κ1) is 17.4. The Labute approximate surface area is 113 Å². The second-order valence-electron chi connectivity index (χ2n) is 5.68. The molecule has 0 aliphatic heterocycles. The molecule has 0 spiro atoms. The third-order valence-corrected chi connectivity index (χ3v) is 4.07. The number of nitrogens with one attached hydrogen (secondary N) is 2. The molecule has 1 unspecified atom stereocenters. The lowest BCUT2D eigenvalue weighted by Crippen LogP contribution is -2.59. The van der Waals surface area contributed by atoms with Crippen molar-refractivity contribution in [3.05, 3.63) is 0 Å². The maximum Gasteiger partial charge on any atom is 0.240 e. The minimum Gasteiger partial charge on any atom is -0.355 e. The minimum absolute atomic E-state index is 0.130. The topological polar surface area (TPSA) is 41.1 Å².